The fraction of sp³-hybridized carbons (Fsp3) is 0.500. The van der Waals surface area contributed by atoms with Gasteiger partial charge in [-0.3, -0.25) is 0 Å². The molecule has 0 spiro atoms. The van der Waals surface area contributed by atoms with Crippen molar-refractivity contribution in [1.82, 2.24) is 0 Å². The molecule has 0 bridgehead atoms. The molecule has 2 heteroatoms. The van der Waals surface area contributed by atoms with Gasteiger partial charge in [-0.25, -0.2) is 4.39 Å². The van der Waals surface area contributed by atoms with E-state index in [1.807, 2.05) is 0 Å². The molecule has 1 aliphatic carbocycles. The lowest BCUT2D eigenvalue weighted by atomic mass is 10.1. The Hall–Kier alpha value is -1.05. The molecule has 0 N–H and O–H groups in total. The molecular formula is C12H15FO. The molecule has 0 unspecified atom stereocenters. The zero-order chi connectivity index (χ0) is 9.80. The number of hydrogen-bond donors (Lipinski definition) is 0. The van der Waals surface area contributed by atoms with Crippen LogP contribution in [0.1, 0.15) is 25.7 Å². The molecule has 1 aromatic carbocycles. The highest BCUT2D eigenvalue weighted by atomic mass is 19.1. The smallest absolute Gasteiger partial charge is 0.123 e. The second-order valence-corrected chi connectivity index (χ2v) is 3.92. The van der Waals surface area contributed by atoms with Crippen LogP contribution in [0.4, 0.5) is 4.39 Å². The summed E-state index contributed by atoms with van der Waals surface area (Å²) in [7, 11) is 0. The normalized spacial score (nSPS) is 17.2. The molecule has 14 heavy (non-hydrogen) atoms. The summed E-state index contributed by atoms with van der Waals surface area (Å²) in [6.45, 7) is 0.783. The van der Waals surface area contributed by atoms with Crippen molar-refractivity contribution in [3.05, 3.63) is 30.1 Å². The Bertz CT molecular complexity index is 275. The maximum Gasteiger partial charge on any atom is 0.123 e. The standard InChI is InChI=1S/C12H15FO/c13-11-5-7-12(8-6-11)14-9-10-3-1-2-4-10/h5-8,10H,1-4,9H2. The fourth-order valence-corrected chi connectivity index (χ4v) is 1.92. The number of ether oxygens (including phenoxy) is 1. The largest absolute Gasteiger partial charge is 0.493 e. The van der Waals surface area contributed by atoms with Crippen LogP contribution >= 0.6 is 0 Å². The monoisotopic (exact) mass is 194 g/mol. The first-order chi connectivity index (χ1) is 6.84. The van der Waals surface area contributed by atoms with Crippen LogP contribution in [-0.4, -0.2) is 6.61 Å². The Kier molecular flexibility index (Phi) is 3.02. The molecule has 2 rings (SSSR count). The summed E-state index contributed by atoms with van der Waals surface area (Å²) in [6, 6.07) is 6.24. The van der Waals surface area contributed by atoms with Crippen molar-refractivity contribution in [2.45, 2.75) is 25.7 Å². The second kappa shape index (κ2) is 4.45. The van der Waals surface area contributed by atoms with Gasteiger partial charge in [-0.2, -0.15) is 0 Å². The summed E-state index contributed by atoms with van der Waals surface area (Å²) >= 11 is 0. The lowest BCUT2D eigenvalue weighted by Gasteiger charge is -2.10. The topological polar surface area (TPSA) is 9.23 Å². The second-order valence-electron chi connectivity index (χ2n) is 3.92. The van der Waals surface area contributed by atoms with E-state index in [1.54, 1.807) is 12.1 Å². The maximum absolute atomic E-state index is 12.6. The van der Waals surface area contributed by atoms with E-state index in [1.165, 1.54) is 37.8 Å². The van der Waals surface area contributed by atoms with Crippen LogP contribution in [-0.2, 0) is 0 Å². The summed E-state index contributed by atoms with van der Waals surface area (Å²) in [5.41, 5.74) is 0. The highest BCUT2D eigenvalue weighted by Crippen LogP contribution is 2.25. The van der Waals surface area contributed by atoms with Crippen LogP contribution in [0.25, 0.3) is 0 Å². The minimum Gasteiger partial charge on any atom is -0.493 e. The lowest BCUT2D eigenvalue weighted by Crippen LogP contribution is -2.07. The van der Waals surface area contributed by atoms with Crippen LogP contribution in [0.2, 0.25) is 0 Å². The Morgan fingerprint density at radius 3 is 2.43 bits per heavy atom. The van der Waals surface area contributed by atoms with E-state index in [0.717, 1.165) is 12.4 Å². The number of hydrogen-bond acceptors (Lipinski definition) is 1. The van der Waals surface area contributed by atoms with Crippen LogP contribution in [0.3, 0.4) is 0 Å². The molecule has 1 fully saturated rings. The van der Waals surface area contributed by atoms with Crippen molar-refractivity contribution in [2.24, 2.45) is 5.92 Å². The zero-order valence-corrected chi connectivity index (χ0v) is 8.21. The van der Waals surface area contributed by atoms with E-state index in [-0.39, 0.29) is 5.82 Å². The zero-order valence-electron chi connectivity index (χ0n) is 8.21. The van der Waals surface area contributed by atoms with E-state index >= 15 is 0 Å². The quantitative estimate of drug-likeness (QED) is 0.716. The lowest BCUT2D eigenvalue weighted by molar-refractivity contribution is 0.252. The van der Waals surface area contributed by atoms with Gasteiger partial charge in [0.25, 0.3) is 0 Å². The van der Waals surface area contributed by atoms with E-state index in [4.69, 9.17) is 4.74 Å². The average Bonchev–Trinajstić information content (AvgIpc) is 2.70. The van der Waals surface area contributed by atoms with Crippen molar-refractivity contribution < 1.29 is 9.13 Å². The van der Waals surface area contributed by atoms with Crippen molar-refractivity contribution in [3.8, 4) is 5.75 Å². The minimum absolute atomic E-state index is 0.210. The molecule has 1 nitrogen and oxygen atoms in total. The molecule has 1 saturated carbocycles. The molecule has 0 aliphatic heterocycles. The molecule has 76 valence electrons. The van der Waals surface area contributed by atoms with Gasteiger partial charge in [0.2, 0.25) is 0 Å². The molecule has 0 amide bonds. The first kappa shape index (κ1) is 9.50. The van der Waals surface area contributed by atoms with E-state index in [0.29, 0.717) is 5.92 Å². The molecule has 0 radical (unpaired) electrons. The van der Waals surface area contributed by atoms with Crippen LogP contribution < -0.4 is 4.74 Å². The molecule has 1 aromatic rings. The Morgan fingerprint density at radius 1 is 1.14 bits per heavy atom. The molecular weight excluding hydrogens is 179 g/mol. The van der Waals surface area contributed by atoms with Crippen LogP contribution in [0.15, 0.2) is 24.3 Å². The Balaban J connectivity index is 1.82. The van der Waals surface area contributed by atoms with Gasteiger partial charge in [0, 0.05) is 0 Å². The van der Waals surface area contributed by atoms with Crippen molar-refractivity contribution in [2.75, 3.05) is 6.61 Å². The van der Waals surface area contributed by atoms with Gasteiger partial charge in [-0.05, 0) is 43.0 Å². The van der Waals surface area contributed by atoms with E-state index in [2.05, 4.69) is 0 Å². The van der Waals surface area contributed by atoms with Crippen molar-refractivity contribution in [1.29, 1.82) is 0 Å². The molecule has 0 heterocycles. The van der Waals surface area contributed by atoms with Crippen LogP contribution in [0, 0.1) is 11.7 Å². The molecule has 1 aliphatic rings. The van der Waals surface area contributed by atoms with Crippen molar-refractivity contribution in [3.63, 3.8) is 0 Å². The number of benzene rings is 1. The van der Waals surface area contributed by atoms with Gasteiger partial charge >= 0.3 is 0 Å². The summed E-state index contributed by atoms with van der Waals surface area (Å²) in [4.78, 5) is 0. The van der Waals surface area contributed by atoms with Gasteiger partial charge in [0.15, 0.2) is 0 Å². The Morgan fingerprint density at radius 2 is 1.79 bits per heavy atom. The average molecular weight is 194 g/mol. The van der Waals surface area contributed by atoms with Gasteiger partial charge in [0.1, 0.15) is 11.6 Å². The third-order valence-electron chi connectivity index (χ3n) is 2.77. The van der Waals surface area contributed by atoms with Gasteiger partial charge in [-0.1, -0.05) is 12.8 Å². The van der Waals surface area contributed by atoms with Crippen LogP contribution in [0.5, 0.6) is 5.75 Å². The summed E-state index contributed by atoms with van der Waals surface area (Å²) in [5, 5.41) is 0. The highest BCUT2D eigenvalue weighted by molar-refractivity contribution is 5.22. The van der Waals surface area contributed by atoms with Crippen molar-refractivity contribution >= 4 is 0 Å². The Labute approximate surface area is 83.9 Å². The summed E-state index contributed by atoms with van der Waals surface area (Å²) < 4.78 is 18.2. The molecule has 0 aromatic heterocycles. The predicted molar refractivity (Wildman–Crippen MR) is 53.9 cm³/mol. The third kappa shape index (κ3) is 2.47. The number of rotatable bonds is 3. The summed E-state index contributed by atoms with van der Waals surface area (Å²) in [6.07, 6.45) is 5.22. The van der Waals surface area contributed by atoms with Gasteiger partial charge < -0.3 is 4.74 Å². The van der Waals surface area contributed by atoms with Gasteiger partial charge in [-0.15, -0.1) is 0 Å². The maximum atomic E-state index is 12.6. The first-order valence-electron chi connectivity index (χ1n) is 5.23. The SMILES string of the molecule is Fc1ccc(OCC2CCCC2)cc1. The number of halogens is 1. The highest BCUT2D eigenvalue weighted by Gasteiger charge is 2.15. The first-order valence-corrected chi connectivity index (χ1v) is 5.23. The predicted octanol–water partition coefficient (Wildman–Crippen LogP) is 3.39. The fourth-order valence-electron chi connectivity index (χ4n) is 1.92. The third-order valence-corrected chi connectivity index (χ3v) is 2.77. The van der Waals surface area contributed by atoms with Gasteiger partial charge in [0.05, 0.1) is 6.61 Å². The molecule has 0 saturated heterocycles. The minimum atomic E-state index is -0.210. The summed E-state index contributed by atoms with van der Waals surface area (Å²) in [5.74, 6) is 1.27. The van der Waals surface area contributed by atoms with E-state index in [9.17, 15) is 4.39 Å². The van der Waals surface area contributed by atoms with E-state index < -0.39 is 0 Å². The molecule has 0 atom stereocenters.